The molecule has 1 aliphatic rings. The predicted octanol–water partition coefficient (Wildman–Crippen LogP) is 2.59. The van der Waals surface area contributed by atoms with Gasteiger partial charge in [-0.05, 0) is 66.8 Å². The van der Waals surface area contributed by atoms with Gasteiger partial charge in [0.1, 0.15) is 17.3 Å². The number of aliphatic hydroxyl groups excluding tert-OH is 1. The van der Waals surface area contributed by atoms with Crippen molar-refractivity contribution in [3.8, 4) is 11.5 Å². The van der Waals surface area contributed by atoms with Crippen LogP contribution >= 0.6 is 0 Å². The molecule has 2 aromatic rings. The second kappa shape index (κ2) is 8.98. The van der Waals surface area contributed by atoms with Gasteiger partial charge in [0.25, 0.3) is 0 Å². The van der Waals surface area contributed by atoms with E-state index in [-0.39, 0.29) is 17.3 Å². The van der Waals surface area contributed by atoms with Crippen molar-refractivity contribution in [2.45, 2.75) is 19.5 Å². The van der Waals surface area contributed by atoms with Gasteiger partial charge in [-0.2, -0.15) is 0 Å². The summed E-state index contributed by atoms with van der Waals surface area (Å²) in [5.41, 5.74) is 22.2. The molecule has 0 bridgehead atoms. The highest BCUT2D eigenvalue weighted by Crippen LogP contribution is 2.32. The fourth-order valence-electron chi connectivity index (χ4n) is 1.93. The van der Waals surface area contributed by atoms with Crippen LogP contribution in [0.2, 0.25) is 0 Å². The van der Waals surface area contributed by atoms with Crippen molar-refractivity contribution >= 4 is 11.4 Å². The molecule has 0 radical (unpaired) electrons. The standard InChI is InChI=1S/C8H14N2O.2C6H7NO/c1-7(2)5-6(11)3-4-8(7,9)10;2*7-5-1-3-6(8)4-2-5/h3-5,11H,9-10H2,1-2H3;2*1-4,8H,7H2. The van der Waals surface area contributed by atoms with Crippen molar-refractivity contribution < 1.29 is 15.3 Å². The van der Waals surface area contributed by atoms with Gasteiger partial charge in [0, 0.05) is 16.8 Å². The first-order valence-corrected chi connectivity index (χ1v) is 8.21. The molecular formula is C20H28N4O3. The molecule has 146 valence electrons. The molecular weight excluding hydrogens is 344 g/mol. The topological polar surface area (TPSA) is 165 Å². The number of hydrogen-bond acceptors (Lipinski definition) is 7. The summed E-state index contributed by atoms with van der Waals surface area (Å²) in [5.74, 6) is 0.722. The number of nitrogens with two attached hydrogens (primary N) is 4. The molecule has 0 fully saturated rings. The zero-order chi connectivity index (χ0) is 20.7. The third kappa shape index (κ3) is 7.31. The van der Waals surface area contributed by atoms with E-state index in [0.29, 0.717) is 11.4 Å². The van der Waals surface area contributed by atoms with Crippen molar-refractivity contribution in [1.82, 2.24) is 0 Å². The fourth-order valence-corrected chi connectivity index (χ4v) is 1.93. The van der Waals surface area contributed by atoms with Crippen LogP contribution in [0, 0.1) is 5.41 Å². The van der Waals surface area contributed by atoms with E-state index in [9.17, 15) is 0 Å². The molecule has 0 saturated heterocycles. The highest BCUT2D eigenvalue weighted by atomic mass is 16.3. The number of phenolic OH excluding ortho intramolecular Hbond substituents is 2. The number of aliphatic hydroxyl groups is 1. The van der Waals surface area contributed by atoms with Gasteiger partial charge in [-0.3, -0.25) is 0 Å². The second-order valence-electron chi connectivity index (χ2n) is 6.74. The highest BCUT2D eigenvalue weighted by molar-refractivity contribution is 5.41. The Morgan fingerprint density at radius 1 is 0.704 bits per heavy atom. The molecule has 0 unspecified atom stereocenters. The van der Waals surface area contributed by atoms with Crippen molar-refractivity contribution in [3.63, 3.8) is 0 Å². The third-order valence-corrected chi connectivity index (χ3v) is 3.94. The summed E-state index contributed by atoms with van der Waals surface area (Å²) in [5, 5.41) is 26.5. The Morgan fingerprint density at radius 3 is 1.33 bits per heavy atom. The predicted molar refractivity (Wildman–Crippen MR) is 110 cm³/mol. The average Bonchev–Trinajstić information content (AvgIpc) is 2.58. The van der Waals surface area contributed by atoms with Crippen LogP contribution < -0.4 is 22.9 Å². The zero-order valence-electron chi connectivity index (χ0n) is 15.5. The monoisotopic (exact) mass is 372 g/mol. The molecule has 7 nitrogen and oxygen atoms in total. The summed E-state index contributed by atoms with van der Waals surface area (Å²) >= 11 is 0. The van der Waals surface area contributed by atoms with Gasteiger partial charge in [0.05, 0.1) is 5.66 Å². The third-order valence-electron chi connectivity index (χ3n) is 3.94. The minimum absolute atomic E-state index is 0.224. The first kappa shape index (κ1) is 21.9. The van der Waals surface area contributed by atoms with Crippen molar-refractivity contribution in [3.05, 3.63) is 72.5 Å². The van der Waals surface area contributed by atoms with Gasteiger partial charge in [0.15, 0.2) is 0 Å². The minimum Gasteiger partial charge on any atom is -0.508 e. The molecule has 0 aromatic heterocycles. The number of allylic oxidation sites excluding steroid dienone is 1. The Labute approximate surface area is 159 Å². The number of benzene rings is 2. The van der Waals surface area contributed by atoms with Crippen LogP contribution in [0.25, 0.3) is 0 Å². The average molecular weight is 372 g/mol. The first-order valence-electron chi connectivity index (χ1n) is 8.21. The van der Waals surface area contributed by atoms with Gasteiger partial charge in [-0.25, -0.2) is 0 Å². The van der Waals surface area contributed by atoms with Crippen LogP contribution in [0.1, 0.15) is 13.8 Å². The summed E-state index contributed by atoms with van der Waals surface area (Å²) < 4.78 is 0. The van der Waals surface area contributed by atoms with E-state index < -0.39 is 11.1 Å². The van der Waals surface area contributed by atoms with Crippen LogP contribution in [-0.4, -0.2) is 21.0 Å². The van der Waals surface area contributed by atoms with Gasteiger partial charge in [-0.15, -0.1) is 0 Å². The summed E-state index contributed by atoms with van der Waals surface area (Å²) in [4.78, 5) is 0. The van der Waals surface area contributed by atoms with Gasteiger partial charge < -0.3 is 38.3 Å². The molecule has 7 heteroatoms. The highest BCUT2D eigenvalue weighted by Gasteiger charge is 2.36. The molecule has 1 aliphatic carbocycles. The summed E-state index contributed by atoms with van der Waals surface area (Å²) in [6.07, 6.45) is 4.79. The molecule has 0 saturated carbocycles. The normalized spacial score (nSPS) is 16.1. The molecule has 27 heavy (non-hydrogen) atoms. The molecule has 0 heterocycles. The Hall–Kier alpha value is -3.16. The van der Waals surface area contributed by atoms with Crippen LogP contribution in [0.4, 0.5) is 11.4 Å². The molecule has 0 aliphatic heterocycles. The lowest BCUT2D eigenvalue weighted by molar-refractivity contribution is 0.269. The lowest BCUT2D eigenvalue weighted by Crippen LogP contribution is -2.59. The van der Waals surface area contributed by atoms with Crippen LogP contribution in [-0.2, 0) is 0 Å². The van der Waals surface area contributed by atoms with E-state index in [0.717, 1.165) is 0 Å². The minimum atomic E-state index is -0.862. The van der Waals surface area contributed by atoms with E-state index >= 15 is 0 Å². The molecule has 0 spiro atoms. The number of anilines is 2. The van der Waals surface area contributed by atoms with E-state index in [4.69, 9.17) is 38.3 Å². The maximum Gasteiger partial charge on any atom is 0.115 e. The number of aromatic hydroxyl groups is 2. The fraction of sp³-hybridized carbons (Fsp3) is 0.200. The summed E-state index contributed by atoms with van der Waals surface area (Å²) in [6, 6.07) is 12.8. The zero-order valence-corrected chi connectivity index (χ0v) is 15.5. The Kier molecular flexibility index (Phi) is 7.27. The van der Waals surface area contributed by atoms with Crippen LogP contribution in [0.3, 0.4) is 0 Å². The number of rotatable bonds is 0. The number of phenols is 2. The first-order chi connectivity index (χ1) is 12.4. The van der Waals surface area contributed by atoms with E-state index in [2.05, 4.69) is 0 Å². The Morgan fingerprint density at radius 2 is 1.07 bits per heavy atom. The van der Waals surface area contributed by atoms with E-state index in [1.165, 1.54) is 6.08 Å². The van der Waals surface area contributed by atoms with E-state index in [1.54, 1.807) is 60.7 Å². The quantitative estimate of drug-likeness (QED) is 0.212. The maximum atomic E-state index is 9.14. The smallest absolute Gasteiger partial charge is 0.115 e. The Bertz CT molecular complexity index is 694. The van der Waals surface area contributed by atoms with Crippen molar-refractivity contribution in [2.75, 3.05) is 11.5 Å². The Balaban J connectivity index is 0.000000206. The van der Waals surface area contributed by atoms with Crippen LogP contribution in [0.5, 0.6) is 11.5 Å². The lowest BCUT2D eigenvalue weighted by atomic mass is 9.76. The molecule has 2 aromatic carbocycles. The molecule has 0 atom stereocenters. The molecule has 0 amide bonds. The summed E-state index contributed by atoms with van der Waals surface area (Å²) in [6.45, 7) is 3.76. The van der Waals surface area contributed by atoms with Crippen molar-refractivity contribution in [2.24, 2.45) is 16.9 Å². The number of hydrogen-bond donors (Lipinski definition) is 7. The van der Waals surface area contributed by atoms with Crippen LogP contribution in [0.15, 0.2) is 72.5 Å². The van der Waals surface area contributed by atoms with Gasteiger partial charge in [-0.1, -0.05) is 13.8 Å². The largest absolute Gasteiger partial charge is 0.508 e. The maximum absolute atomic E-state index is 9.14. The molecule has 11 N–H and O–H groups in total. The summed E-state index contributed by atoms with van der Waals surface area (Å²) in [7, 11) is 0. The van der Waals surface area contributed by atoms with Gasteiger partial charge >= 0.3 is 0 Å². The SMILES string of the molecule is CC1(C)C=C(O)C=CC1(N)N.Nc1ccc(O)cc1.Nc1ccc(O)cc1. The van der Waals surface area contributed by atoms with Crippen molar-refractivity contribution in [1.29, 1.82) is 0 Å². The molecule has 3 rings (SSSR count). The second-order valence-corrected chi connectivity index (χ2v) is 6.74. The number of nitrogen functional groups attached to an aromatic ring is 2. The van der Waals surface area contributed by atoms with E-state index in [1.807, 2.05) is 13.8 Å². The lowest BCUT2D eigenvalue weighted by Gasteiger charge is -2.38. The van der Waals surface area contributed by atoms with Gasteiger partial charge in [0.2, 0.25) is 0 Å².